The van der Waals surface area contributed by atoms with Crippen molar-refractivity contribution in [1.29, 1.82) is 0 Å². The SMILES string of the molecule is Cc1oc(C)c2c1ccn2S(=O)(=O)c1ccccc1. The Morgan fingerprint density at radius 3 is 2.37 bits per heavy atom. The predicted octanol–water partition coefficient (Wildman–Crippen LogP) is 3.09. The molecule has 0 radical (unpaired) electrons. The Kier molecular flexibility index (Phi) is 2.53. The number of nitrogens with zero attached hydrogens (tertiary/aromatic N) is 1. The van der Waals surface area contributed by atoms with Gasteiger partial charge in [0.05, 0.1) is 4.90 Å². The smallest absolute Gasteiger partial charge is 0.268 e. The lowest BCUT2D eigenvalue weighted by Crippen LogP contribution is -2.11. The van der Waals surface area contributed by atoms with Crippen molar-refractivity contribution in [3.63, 3.8) is 0 Å². The van der Waals surface area contributed by atoms with Crippen LogP contribution in [0.15, 0.2) is 51.9 Å². The fourth-order valence-corrected chi connectivity index (χ4v) is 3.70. The molecule has 3 rings (SSSR count). The Bertz CT molecular complexity index is 842. The summed E-state index contributed by atoms with van der Waals surface area (Å²) in [5, 5.41) is 0.831. The first-order valence-electron chi connectivity index (χ1n) is 5.89. The van der Waals surface area contributed by atoms with E-state index in [4.69, 9.17) is 4.42 Å². The maximum Gasteiger partial charge on any atom is 0.268 e. The summed E-state index contributed by atoms with van der Waals surface area (Å²) in [6.07, 6.45) is 1.57. The third-order valence-corrected chi connectivity index (χ3v) is 4.86. The summed E-state index contributed by atoms with van der Waals surface area (Å²) < 4.78 is 32.0. The van der Waals surface area contributed by atoms with Crippen LogP contribution in [0.2, 0.25) is 0 Å². The summed E-state index contributed by atoms with van der Waals surface area (Å²) in [5.74, 6) is 1.34. The van der Waals surface area contributed by atoms with Crippen LogP contribution in [0.25, 0.3) is 10.9 Å². The number of hydrogen-bond acceptors (Lipinski definition) is 3. The number of hydrogen-bond donors (Lipinski definition) is 0. The van der Waals surface area contributed by atoms with Gasteiger partial charge in [0.2, 0.25) is 0 Å². The van der Waals surface area contributed by atoms with Crippen molar-refractivity contribution in [1.82, 2.24) is 3.97 Å². The molecular formula is C14H13NO3S. The quantitative estimate of drug-likeness (QED) is 0.722. The molecule has 0 spiro atoms. The zero-order valence-electron chi connectivity index (χ0n) is 10.6. The van der Waals surface area contributed by atoms with Gasteiger partial charge >= 0.3 is 0 Å². The molecule has 3 aromatic rings. The van der Waals surface area contributed by atoms with Crippen molar-refractivity contribution >= 4 is 20.9 Å². The highest BCUT2D eigenvalue weighted by molar-refractivity contribution is 7.90. The lowest BCUT2D eigenvalue weighted by molar-refractivity contribution is 0.508. The highest BCUT2D eigenvalue weighted by atomic mass is 32.2. The Morgan fingerprint density at radius 2 is 1.68 bits per heavy atom. The summed E-state index contributed by atoms with van der Waals surface area (Å²) in [7, 11) is -3.57. The first kappa shape index (κ1) is 12.0. The maximum absolute atomic E-state index is 12.6. The van der Waals surface area contributed by atoms with Crippen LogP contribution in [0.5, 0.6) is 0 Å². The molecule has 0 atom stereocenters. The number of fused-ring (bicyclic) bond motifs is 1. The van der Waals surface area contributed by atoms with Crippen molar-refractivity contribution in [2.75, 3.05) is 0 Å². The summed E-state index contributed by atoms with van der Waals surface area (Å²) in [6, 6.07) is 10.1. The molecule has 0 aliphatic carbocycles. The van der Waals surface area contributed by atoms with Crippen molar-refractivity contribution < 1.29 is 12.8 Å². The molecular weight excluding hydrogens is 262 g/mol. The maximum atomic E-state index is 12.6. The molecule has 0 bridgehead atoms. The van der Waals surface area contributed by atoms with Gasteiger partial charge in [0.15, 0.2) is 0 Å². The molecule has 19 heavy (non-hydrogen) atoms. The van der Waals surface area contributed by atoms with Gasteiger partial charge in [-0.2, -0.15) is 0 Å². The van der Waals surface area contributed by atoms with Gasteiger partial charge in [0, 0.05) is 11.6 Å². The number of benzene rings is 1. The molecule has 98 valence electrons. The van der Waals surface area contributed by atoms with Crippen LogP contribution in [0.4, 0.5) is 0 Å². The van der Waals surface area contributed by atoms with E-state index in [1.54, 1.807) is 49.5 Å². The summed E-state index contributed by atoms with van der Waals surface area (Å²) in [6.45, 7) is 3.60. The van der Waals surface area contributed by atoms with E-state index in [0.29, 0.717) is 11.3 Å². The highest BCUT2D eigenvalue weighted by Gasteiger charge is 2.22. The van der Waals surface area contributed by atoms with E-state index in [-0.39, 0.29) is 4.90 Å². The van der Waals surface area contributed by atoms with Crippen LogP contribution >= 0.6 is 0 Å². The molecule has 0 unspecified atom stereocenters. The second kappa shape index (κ2) is 3.99. The minimum absolute atomic E-state index is 0.269. The van der Waals surface area contributed by atoms with Crippen LogP contribution in [0, 0.1) is 13.8 Å². The largest absolute Gasteiger partial charge is 0.464 e. The van der Waals surface area contributed by atoms with Gasteiger partial charge in [0.25, 0.3) is 10.0 Å². The third kappa shape index (κ3) is 1.69. The molecule has 1 aromatic carbocycles. The summed E-state index contributed by atoms with van der Waals surface area (Å²) in [4.78, 5) is 0.269. The van der Waals surface area contributed by atoms with E-state index in [2.05, 4.69) is 0 Å². The van der Waals surface area contributed by atoms with E-state index in [0.717, 1.165) is 11.1 Å². The molecule has 4 nitrogen and oxygen atoms in total. The number of aryl methyl sites for hydroxylation is 2. The van der Waals surface area contributed by atoms with Gasteiger partial charge in [-0.1, -0.05) is 18.2 Å². The Hall–Kier alpha value is -2.01. The van der Waals surface area contributed by atoms with E-state index >= 15 is 0 Å². The molecule has 0 saturated carbocycles. The van der Waals surface area contributed by atoms with E-state index in [1.165, 1.54) is 3.97 Å². The Labute approximate surface area is 111 Å². The highest BCUT2D eigenvalue weighted by Crippen LogP contribution is 2.29. The van der Waals surface area contributed by atoms with Crippen molar-refractivity contribution in [3.8, 4) is 0 Å². The standard InChI is InChI=1S/C14H13NO3S/c1-10-13-8-9-15(14(13)11(2)18-10)19(16,17)12-6-4-3-5-7-12/h3-9H,1-2H3. The van der Waals surface area contributed by atoms with Crippen molar-refractivity contribution in [2.24, 2.45) is 0 Å². The fraction of sp³-hybridized carbons (Fsp3) is 0.143. The van der Waals surface area contributed by atoms with Crippen LogP contribution in [0.3, 0.4) is 0 Å². The molecule has 0 N–H and O–H groups in total. The molecule has 0 fully saturated rings. The molecule has 2 heterocycles. The zero-order valence-corrected chi connectivity index (χ0v) is 11.4. The number of aromatic nitrogens is 1. The van der Waals surface area contributed by atoms with Gasteiger partial charge in [-0.3, -0.25) is 0 Å². The lowest BCUT2D eigenvalue weighted by atomic mass is 10.3. The first-order chi connectivity index (χ1) is 9.01. The van der Waals surface area contributed by atoms with Crippen LogP contribution in [-0.2, 0) is 10.0 Å². The predicted molar refractivity (Wildman–Crippen MR) is 72.7 cm³/mol. The minimum atomic E-state index is -3.57. The average molecular weight is 275 g/mol. The molecule has 0 saturated heterocycles. The van der Waals surface area contributed by atoms with Gasteiger partial charge in [-0.05, 0) is 32.0 Å². The Balaban J connectivity index is 2.31. The lowest BCUT2D eigenvalue weighted by Gasteiger charge is -2.06. The van der Waals surface area contributed by atoms with Gasteiger partial charge in [0.1, 0.15) is 17.0 Å². The van der Waals surface area contributed by atoms with Crippen molar-refractivity contribution in [3.05, 3.63) is 54.1 Å². The average Bonchev–Trinajstić information content (AvgIpc) is 2.94. The molecule has 0 amide bonds. The number of rotatable bonds is 2. The van der Waals surface area contributed by atoms with Crippen LogP contribution < -0.4 is 0 Å². The fourth-order valence-electron chi connectivity index (χ4n) is 2.28. The van der Waals surface area contributed by atoms with Gasteiger partial charge < -0.3 is 4.42 Å². The summed E-state index contributed by atoms with van der Waals surface area (Å²) >= 11 is 0. The van der Waals surface area contributed by atoms with Gasteiger partial charge in [-0.25, -0.2) is 12.4 Å². The topological polar surface area (TPSA) is 52.2 Å². The monoisotopic (exact) mass is 275 g/mol. The van der Waals surface area contributed by atoms with Crippen LogP contribution in [0.1, 0.15) is 11.5 Å². The van der Waals surface area contributed by atoms with Crippen LogP contribution in [-0.4, -0.2) is 12.4 Å². The normalized spacial score (nSPS) is 12.1. The van der Waals surface area contributed by atoms with E-state index in [9.17, 15) is 8.42 Å². The summed E-state index contributed by atoms with van der Waals surface area (Å²) in [5.41, 5.74) is 0.612. The van der Waals surface area contributed by atoms with Gasteiger partial charge in [-0.15, -0.1) is 0 Å². The molecule has 0 aliphatic rings. The molecule has 0 aliphatic heterocycles. The first-order valence-corrected chi connectivity index (χ1v) is 7.33. The van der Waals surface area contributed by atoms with E-state index < -0.39 is 10.0 Å². The number of furan rings is 1. The molecule has 5 heteroatoms. The minimum Gasteiger partial charge on any atom is -0.464 e. The third-order valence-electron chi connectivity index (χ3n) is 3.17. The second-order valence-corrected chi connectivity index (χ2v) is 6.22. The second-order valence-electron chi connectivity index (χ2n) is 4.41. The Morgan fingerprint density at radius 1 is 1.00 bits per heavy atom. The zero-order chi connectivity index (χ0) is 13.6. The molecule has 2 aromatic heterocycles. The van der Waals surface area contributed by atoms with Crippen molar-refractivity contribution in [2.45, 2.75) is 18.7 Å². The van der Waals surface area contributed by atoms with E-state index in [1.807, 2.05) is 6.92 Å².